The molecule has 0 saturated carbocycles. The summed E-state index contributed by atoms with van der Waals surface area (Å²) in [5.41, 5.74) is 14.9. The standard InChI is InChI=1S/C17H13N5OS.C2H6/c18-15-8-11(10-3-1-2-4-12(10)20-15)17-21-13-6-5-9(16(19)22-23)7-14(13)24-17;1-2/h1-8,23H,(H2,18,20)(H2,19,22);1-2H3. The van der Waals surface area contributed by atoms with E-state index in [0.717, 1.165) is 31.7 Å². The van der Waals surface area contributed by atoms with Gasteiger partial charge in [-0.05, 0) is 30.3 Å². The van der Waals surface area contributed by atoms with E-state index >= 15 is 0 Å². The molecule has 6 nitrogen and oxygen atoms in total. The van der Waals surface area contributed by atoms with E-state index in [4.69, 9.17) is 21.7 Å². The van der Waals surface area contributed by atoms with E-state index in [-0.39, 0.29) is 5.84 Å². The molecule has 0 spiro atoms. The van der Waals surface area contributed by atoms with E-state index in [1.54, 1.807) is 6.07 Å². The van der Waals surface area contributed by atoms with E-state index in [0.29, 0.717) is 11.4 Å². The van der Waals surface area contributed by atoms with Crippen molar-refractivity contribution in [2.45, 2.75) is 13.8 Å². The Hall–Kier alpha value is -3.19. The number of para-hydroxylation sites is 1. The third kappa shape index (κ3) is 3.16. The highest BCUT2D eigenvalue weighted by molar-refractivity contribution is 7.21. The highest BCUT2D eigenvalue weighted by Gasteiger charge is 2.12. The molecule has 4 rings (SSSR count). The van der Waals surface area contributed by atoms with Crippen molar-refractivity contribution in [3.05, 3.63) is 54.1 Å². The highest BCUT2D eigenvalue weighted by atomic mass is 32.1. The molecule has 0 saturated heterocycles. The lowest BCUT2D eigenvalue weighted by Crippen LogP contribution is -2.12. The van der Waals surface area contributed by atoms with Gasteiger partial charge in [-0.3, -0.25) is 0 Å². The Kier molecular flexibility index (Phi) is 4.99. The van der Waals surface area contributed by atoms with Gasteiger partial charge in [0.25, 0.3) is 0 Å². The molecule has 0 aliphatic heterocycles. The van der Waals surface area contributed by atoms with Gasteiger partial charge in [0.1, 0.15) is 10.8 Å². The summed E-state index contributed by atoms with van der Waals surface area (Å²) in [6.07, 6.45) is 0. The molecule has 0 bridgehead atoms. The van der Waals surface area contributed by atoms with Crippen molar-refractivity contribution < 1.29 is 5.21 Å². The minimum absolute atomic E-state index is 0.0745. The van der Waals surface area contributed by atoms with Gasteiger partial charge in [0.2, 0.25) is 0 Å². The van der Waals surface area contributed by atoms with E-state index in [1.165, 1.54) is 11.3 Å². The van der Waals surface area contributed by atoms with E-state index in [1.807, 2.05) is 56.3 Å². The lowest BCUT2D eigenvalue weighted by atomic mass is 10.1. The van der Waals surface area contributed by atoms with Gasteiger partial charge in [0, 0.05) is 16.5 Å². The van der Waals surface area contributed by atoms with Crippen molar-refractivity contribution in [1.29, 1.82) is 0 Å². The fourth-order valence-corrected chi connectivity index (χ4v) is 3.66. The summed E-state index contributed by atoms with van der Waals surface area (Å²) in [6.45, 7) is 4.00. The largest absolute Gasteiger partial charge is 0.409 e. The lowest BCUT2D eigenvalue weighted by Gasteiger charge is -2.04. The Labute approximate surface area is 154 Å². The molecule has 132 valence electrons. The number of fused-ring (bicyclic) bond motifs is 2. The van der Waals surface area contributed by atoms with Gasteiger partial charge in [-0.25, -0.2) is 9.97 Å². The summed E-state index contributed by atoms with van der Waals surface area (Å²) in [5, 5.41) is 13.7. The van der Waals surface area contributed by atoms with Gasteiger partial charge in [-0.1, -0.05) is 37.2 Å². The number of nitrogen functional groups attached to an aromatic ring is 1. The van der Waals surface area contributed by atoms with Crippen LogP contribution in [0.15, 0.2) is 53.7 Å². The maximum atomic E-state index is 8.82. The number of thiazole rings is 1. The van der Waals surface area contributed by atoms with Crippen molar-refractivity contribution in [3.8, 4) is 10.6 Å². The van der Waals surface area contributed by atoms with Gasteiger partial charge < -0.3 is 16.7 Å². The van der Waals surface area contributed by atoms with Gasteiger partial charge in [0.05, 0.1) is 15.7 Å². The van der Waals surface area contributed by atoms with Crippen LogP contribution >= 0.6 is 11.3 Å². The predicted molar refractivity (Wildman–Crippen MR) is 109 cm³/mol. The second-order valence-corrected chi connectivity index (χ2v) is 6.33. The number of aromatic nitrogens is 2. The number of hydrogen-bond donors (Lipinski definition) is 3. The zero-order valence-electron chi connectivity index (χ0n) is 14.5. The molecule has 2 heterocycles. The molecule has 0 aliphatic carbocycles. The minimum Gasteiger partial charge on any atom is -0.409 e. The summed E-state index contributed by atoms with van der Waals surface area (Å²) in [6, 6.07) is 15.2. The molecular formula is C19H19N5OS. The number of pyridine rings is 1. The topological polar surface area (TPSA) is 110 Å². The normalized spacial score (nSPS) is 11.4. The van der Waals surface area contributed by atoms with Crippen molar-refractivity contribution in [1.82, 2.24) is 9.97 Å². The number of nitrogens with two attached hydrogens (primary N) is 2. The van der Waals surface area contributed by atoms with Gasteiger partial charge in [-0.15, -0.1) is 11.3 Å². The SMILES string of the molecule is CC.N/C(=N\O)c1ccc2nc(-c3cc(N)nc4ccccc34)sc2c1. The molecule has 4 aromatic rings. The van der Waals surface area contributed by atoms with Crippen LogP contribution in [0.5, 0.6) is 0 Å². The van der Waals surface area contributed by atoms with Gasteiger partial charge in [0.15, 0.2) is 5.84 Å². The third-order valence-corrected chi connectivity index (χ3v) is 4.81. The minimum atomic E-state index is 0.0745. The van der Waals surface area contributed by atoms with Crippen molar-refractivity contribution in [2.75, 3.05) is 5.73 Å². The molecule has 0 unspecified atom stereocenters. The van der Waals surface area contributed by atoms with Crippen molar-refractivity contribution in [3.63, 3.8) is 0 Å². The lowest BCUT2D eigenvalue weighted by molar-refractivity contribution is 0.318. The molecule has 0 aliphatic rings. The Morgan fingerprint density at radius 1 is 1.04 bits per heavy atom. The number of oxime groups is 1. The Bertz CT molecular complexity index is 1100. The molecule has 26 heavy (non-hydrogen) atoms. The summed E-state index contributed by atoms with van der Waals surface area (Å²) in [7, 11) is 0. The Morgan fingerprint density at radius 3 is 2.58 bits per heavy atom. The second kappa shape index (κ2) is 7.37. The van der Waals surface area contributed by atoms with E-state index < -0.39 is 0 Å². The summed E-state index contributed by atoms with van der Waals surface area (Å²) < 4.78 is 0.952. The van der Waals surface area contributed by atoms with Crippen LogP contribution in [-0.4, -0.2) is 21.0 Å². The van der Waals surface area contributed by atoms with Crippen LogP contribution in [0.3, 0.4) is 0 Å². The van der Waals surface area contributed by atoms with Crippen LogP contribution in [-0.2, 0) is 0 Å². The average molecular weight is 365 g/mol. The van der Waals surface area contributed by atoms with Gasteiger partial charge >= 0.3 is 0 Å². The molecule has 2 aromatic heterocycles. The predicted octanol–water partition coefficient (Wildman–Crippen LogP) is 4.21. The summed E-state index contributed by atoms with van der Waals surface area (Å²) >= 11 is 1.53. The number of benzene rings is 2. The molecule has 0 fully saturated rings. The Balaban J connectivity index is 0.000000948. The molecular weight excluding hydrogens is 346 g/mol. The number of anilines is 1. The second-order valence-electron chi connectivity index (χ2n) is 5.30. The first-order valence-corrected chi connectivity index (χ1v) is 9.01. The zero-order chi connectivity index (χ0) is 18.7. The van der Waals surface area contributed by atoms with Crippen LogP contribution in [0.25, 0.3) is 31.7 Å². The van der Waals surface area contributed by atoms with Crippen LogP contribution in [0.1, 0.15) is 19.4 Å². The molecule has 7 heteroatoms. The van der Waals surface area contributed by atoms with Crippen molar-refractivity contribution >= 4 is 44.1 Å². The van der Waals surface area contributed by atoms with E-state index in [2.05, 4.69) is 10.1 Å². The molecule has 0 atom stereocenters. The first-order valence-electron chi connectivity index (χ1n) is 8.20. The van der Waals surface area contributed by atoms with Crippen LogP contribution in [0.2, 0.25) is 0 Å². The maximum Gasteiger partial charge on any atom is 0.170 e. The third-order valence-electron chi connectivity index (χ3n) is 3.76. The zero-order valence-corrected chi connectivity index (χ0v) is 15.3. The first-order chi connectivity index (χ1) is 12.7. The fraction of sp³-hybridized carbons (Fsp3) is 0.105. The van der Waals surface area contributed by atoms with Crippen LogP contribution in [0, 0.1) is 0 Å². The number of hydrogen-bond acceptors (Lipinski definition) is 6. The van der Waals surface area contributed by atoms with Crippen molar-refractivity contribution in [2.24, 2.45) is 10.9 Å². The first kappa shape index (κ1) is 17.6. The summed E-state index contributed by atoms with van der Waals surface area (Å²) in [4.78, 5) is 9.05. The number of nitrogens with zero attached hydrogens (tertiary/aromatic N) is 3. The molecule has 5 N–H and O–H groups in total. The monoisotopic (exact) mass is 365 g/mol. The van der Waals surface area contributed by atoms with E-state index in [9.17, 15) is 0 Å². The number of amidine groups is 1. The number of rotatable bonds is 2. The fourth-order valence-electron chi connectivity index (χ4n) is 2.63. The molecule has 2 aromatic carbocycles. The summed E-state index contributed by atoms with van der Waals surface area (Å²) in [5.74, 6) is 0.533. The maximum absolute atomic E-state index is 8.82. The smallest absolute Gasteiger partial charge is 0.170 e. The van der Waals surface area contributed by atoms with Gasteiger partial charge in [-0.2, -0.15) is 0 Å². The quantitative estimate of drug-likeness (QED) is 0.213. The average Bonchev–Trinajstić information content (AvgIpc) is 3.11. The highest BCUT2D eigenvalue weighted by Crippen LogP contribution is 2.35. The Morgan fingerprint density at radius 2 is 1.81 bits per heavy atom. The van der Waals surface area contributed by atoms with Crippen LogP contribution in [0.4, 0.5) is 5.82 Å². The van der Waals surface area contributed by atoms with Crippen LogP contribution < -0.4 is 11.5 Å². The molecule has 0 amide bonds. The molecule has 0 radical (unpaired) electrons.